The molecule has 0 bridgehead atoms. The van der Waals surface area contributed by atoms with Crippen LogP contribution in [0, 0.1) is 0 Å². The van der Waals surface area contributed by atoms with E-state index in [1.54, 1.807) is 4.57 Å². The summed E-state index contributed by atoms with van der Waals surface area (Å²) in [5.74, 6) is 0.359. The highest BCUT2D eigenvalue weighted by molar-refractivity contribution is 5.57. The van der Waals surface area contributed by atoms with E-state index in [4.69, 9.17) is 0 Å². The van der Waals surface area contributed by atoms with Gasteiger partial charge in [0.1, 0.15) is 5.82 Å². The molecule has 0 amide bonds. The van der Waals surface area contributed by atoms with Crippen molar-refractivity contribution in [1.29, 1.82) is 0 Å². The number of hydrogen-bond acceptors (Lipinski definition) is 2. The van der Waals surface area contributed by atoms with E-state index in [1.165, 1.54) is 5.56 Å². The first-order chi connectivity index (χ1) is 11.9. The maximum atomic E-state index is 12.9. The fourth-order valence-electron chi connectivity index (χ4n) is 2.97. The minimum atomic E-state index is -4.43. The van der Waals surface area contributed by atoms with Gasteiger partial charge in [0.2, 0.25) is 0 Å². The van der Waals surface area contributed by atoms with E-state index in [0.717, 1.165) is 25.6 Å². The van der Waals surface area contributed by atoms with E-state index >= 15 is 0 Å². The normalized spacial score (nSPS) is 17.5. The average molecular weight is 353 g/mol. The second-order valence-corrected chi connectivity index (χ2v) is 6.22. The van der Waals surface area contributed by atoms with E-state index in [-0.39, 0.29) is 6.04 Å². The first-order valence-electron chi connectivity index (χ1n) is 8.86. The minimum Gasteiger partial charge on any atom is -0.328 e. The molecule has 0 spiro atoms. The van der Waals surface area contributed by atoms with Gasteiger partial charge in [0.25, 0.3) is 0 Å². The highest BCUT2D eigenvalue weighted by Crippen LogP contribution is 2.33. The Morgan fingerprint density at radius 1 is 1.16 bits per heavy atom. The summed E-state index contributed by atoms with van der Waals surface area (Å²) >= 11 is 0. The van der Waals surface area contributed by atoms with Crippen LogP contribution in [0.25, 0.3) is 11.4 Å². The van der Waals surface area contributed by atoms with Gasteiger partial charge in [-0.3, -0.25) is 0 Å². The molecule has 3 nitrogen and oxygen atoms in total. The molecular formula is C19H26F3N3. The van der Waals surface area contributed by atoms with E-state index in [2.05, 4.69) is 10.3 Å². The molecular weight excluding hydrogens is 327 g/mol. The first kappa shape index (κ1) is 19.5. The molecule has 0 saturated carbocycles. The van der Waals surface area contributed by atoms with Gasteiger partial charge in [-0.05, 0) is 38.8 Å². The summed E-state index contributed by atoms with van der Waals surface area (Å²) in [6.45, 7) is 8.71. The Morgan fingerprint density at radius 3 is 2.28 bits per heavy atom. The fourth-order valence-corrected chi connectivity index (χ4v) is 2.97. The van der Waals surface area contributed by atoms with Gasteiger partial charge in [-0.25, -0.2) is 4.98 Å². The molecule has 0 radical (unpaired) electrons. The van der Waals surface area contributed by atoms with Crippen LogP contribution in [0.15, 0.2) is 30.5 Å². The number of rotatable bonds is 3. The number of halogens is 3. The molecule has 1 fully saturated rings. The van der Waals surface area contributed by atoms with Gasteiger partial charge < -0.3 is 9.88 Å². The lowest BCUT2D eigenvalue weighted by Gasteiger charge is -2.13. The quantitative estimate of drug-likeness (QED) is 0.778. The van der Waals surface area contributed by atoms with Gasteiger partial charge in [0.05, 0.1) is 0 Å². The van der Waals surface area contributed by atoms with E-state index in [9.17, 15) is 13.2 Å². The van der Waals surface area contributed by atoms with Gasteiger partial charge in [0.15, 0.2) is 5.69 Å². The number of nitrogens with zero attached hydrogens (tertiary/aromatic N) is 2. The van der Waals surface area contributed by atoms with Crippen molar-refractivity contribution in [2.75, 3.05) is 6.54 Å². The van der Waals surface area contributed by atoms with Crippen molar-refractivity contribution in [3.8, 4) is 11.4 Å². The summed E-state index contributed by atoms with van der Waals surface area (Å²) < 4.78 is 40.4. The van der Waals surface area contributed by atoms with Gasteiger partial charge in [-0.15, -0.1) is 0 Å². The maximum absolute atomic E-state index is 12.9. The molecule has 1 aliphatic heterocycles. The third kappa shape index (κ3) is 4.42. The zero-order valence-electron chi connectivity index (χ0n) is 15.2. The van der Waals surface area contributed by atoms with Gasteiger partial charge in [-0.1, -0.05) is 38.1 Å². The molecule has 1 aromatic heterocycles. The number of aromatic nitrogens is 2. The fraction of sp³-hybridized carbons (Fsp3) is 0.526. The van der Waals surface area contributed by atoms with Crippen LogP contribution in [0.2, 0.25) is 0 Å². The van der Waals surface area contributed by atoms with Gasteiger partial charge in [-0.2, -0.15) is 13.2 Å². The second-order valence-electron chi connectivity index (χ2n) is 6.22. The van der Waals surface area contributed by atoms with E-state index in [0.29, 0.717) is 17.4 Å². The monoisotopic (exact) mass is 353 g/mol. The van der Waals surface area contributed by atoms with Crippen LogP contribution >= 0.6 is 0 Å². The Labute approximate surface area is 147 Å². The molecule has 0 unspecified atom stereocenters. The maximum Gasteiger partial charge on any atom is 0.434 e. The lowest BCUT2D eigenvalue weighted by molar-refractivity contribution is -0.140. The van der Waals surface area contributed by atoms with Crippen molar-refractivity contribution in [2.45, 2.75) is 58.8 Å². The molecule has 1 atom stereocenters. The first-order valence-corrected chi connectivity index (χ1v) is 8.86. The van der Waals surface area contributed by atoms with E-state index in [1.807, 2.05) is 52.0 Å². The Kier molecular flexibility index (Phi) is 6.27. The summed E-state index contributed by atoms with van der Waals surface area (Å²) in [4.78, 5) is 3.82. The topological polar surface area (TPSA) is 29.9 Å². The third-order valence-corrected chi connectivity index (χ3v) is 4.21. The molecule has 1 aliphatic rings. The third-order valence-electron chi connectivity index (χ3n) is 4.21. The highest BCUT2D eigenvalue weighted by atomic mass is 19.4. The van der Waals surface area contributed by atoms with Crippen LogP contribution in [-0.2, 0) is 6.18 Å². The molecule has 6 heteroatoms. The van der Waals surface area contributed by atoms with Crippen LogP contribution in [-0.4, -0.2) is 16.1 Å². The van der Waals surface area contributed by atoms with Crippen molar-refractivity contribution < 1.29 is 13.2 Å². The molecule has 3 rings (SSSR count). The average Bonchev–Trinajstić information content (AvgIpc) is 3.26. The Bertz CT molecular complexity index is 666. The molecule has 2 aromatic rings. The van der Waals surface area contributed by atoms with Crippen LogP contribution in [0.1, 0.15) is 63.9 Å². The minimum absolute atomic E-state index is 0.0928. The molecule has 138 valence electrons. The number of benzene rings is 1. The Balaban J connectivity index is 0.00000109. The van der Waals surface area contributed by atoms with Crippen molar-refractivity contribution in [3.05, 3.63) is 41.7 Å². The summed E-state index contributed by atoms with van der Waals surface area (Å²) in [5.41, 5.74) is 1.03. The zero-order chi connectivity index (χ0) is 18.6. The summed E-state index contributed by atoms with van der Waals surface area (Å²) in [6.07, 6.45) is -1.09. The molecule has 25 heavy (non-hydrogen) atoms. The number of imidazole rings is 1. The van der Waals surface area contributed by atoms with Crippen molar-refractivity contribution >= 4 is 0 Å². The second kappa shape index (κ2) is 8.04. The van der Waals surface area contributed by atoms with Gasteiger partial charge in [0, 0.05) is 23.8 Å². The molecule has 1 N–H and O–H groups in total. The van der Waals surface area contributed by atoms with Crippen molar-refractivity contribution in [1.82, 2.24) is 14.9 Å². The van der Waals surface area contributed by atoms with Crippen LogP contribution in [0.3, 0.4) is 0 Å². The molecule has 1 saturated heterocycles. The standard InChI is InChI=1S/C17H20F3N3.C2H6/c1-11(2)23-10-15(17(18,19)20)22-16(23)13-7-5-12(6-8-13)14-4-3-9-21-14;1-2/h5-8,10-11,14,21H,3-4,9H2,1-2H3;1-2H3/t14-;/m0./s1. The Morgan fingerprint density at radius 2 is 1.80 bits per heavy atom. The summed E-state index contributed by atoms with van der Waals surface area (Å²) in [6, 6.07) is 7.92. The largest absolute Gasteiger partial charge is 0.434 e. The SMILES string of the molecule is CC.CC(C)n1cc(C(F)(F)F)nc1-c1ccc([C@@H]2CCCN2)cc1. The smallest absolute Gasteiger partial charge is 0.328 e. The van der Waals surface area contributed by atoms with Crippen LogP contribution in [0.5, 0.6) is 0 Å². The van der Waals surface area contributed by atoms with Crippen LogP contribution < -0.4 is 5.32 Å². The predicted octanol–water partition coefficient (Wildman–Crippen LogP) is 5.60. The van der Waals surface area contributed by atoms with Crippen LogP contribution in [0.4, 0.5) is 13.2 Å². The van der Waals surface area contributed by atoms with Gasteiger partial charge >= 0.3 is 6.18 Å². The van der Waals surface area contributed by atoms with Crippen molar-refractivity contribution in [3.63, 3.8) is 0 Å². The summed E-state index contributed by atoms with van der Waals surface area (Å²) in [5, 5.41) is 3.42. The number of nitrogens with one attached hydrogen (secondary N) is 1. The number of alkyl halides is 3. The lowest BCUT2D eigenvalue weighted by atomic mass is 10.0. The zero-order valence-corrected chi connectivity index (χ0v) is 15.2. The molecule has 1 aromatic carbocycles. The van der Waals surface area contributed by atoms with E-state index < -0.39 is 11.9 Å². The highest BCUT2D eigenvalue weighted by Gasteiger charge is 2.35. The Hall–Kier alpha value is -1.82. The predicted molar refractivity (Wildman–Crippen MR) is 94.4 cm³/mol. The van der Waals surface area contributed by atoms with Crippen molar-refractivity contribution in [2.24, 2.45) is 0 Å². The molecule has 2 heterocycles. The summed E-state index contributed by atoms with van der Waals surface area (Å²) in [7, 11) is 0. The molecule has 0 aliphatic carbocycles. The number of hydrogen-bond donors (Lipinski definition) is 1. The lowest BCUT2D eigenvalue weighted by Crippen LogP contribution is -2.12.